The minimum Gasteiger partial charge on any atom is -0.366 e. The fourth-order valence-corrected chi connectivity index (χ4v) is 2.14. The van der Waals surface area contributed by atoms with E-state index in [9.17, 15) is 4.79 Å². The van der Waals surface area contributed by atoms with Gasteiger partial charge >= 0.3 is 0 Å². The summed E-state index contributed by atoms with van der Waals surface area (Å²) in [4.78, 5) is 16.7. The first-order valence-corrected chi connectivity index (χ1v) is 5.87. The molecule has 1 fully saturated rings. The van der Waals surface area contributed by atoms with Crippen molar-refractivity contribution in [3.8, 4) is 0 Å². The van der Waals surface area contributed by atoms with Crippen molar-refractivity contribution in [2.24, 2.45) is 5.92 Å². The van der Waals surface area contributed by atoms with Crippen LogP contribution in [0, 0.1) is 5.92 Å². The number of aromatic amines is 1. The second-order valence-corrected chi connectivity index (χ2v) is 4.42. The van der Waals surface area contributed by atoms with Crippen LogP contribution in [-0.2, 0) is 4.79 Å². The molecule has 16 heavy (non-hydrogen) atoms. The van der Waals surface area contributed by atoms with E-state index in [1.165, 1.54) is 0 Å². The predicted octanol–water partition coefficient (Wildman–Crippen LogP) is 1.37. The van der Waals surface area contributed by atoms with Gasteiger partial charge in [-0.15, -0.1) is 0 Å². The molecule has 1 amide bonds. The van der Waals surface area contributed by atoms with Crippen LogP contribution in [0.25, 0.3) is 0 Å². The molecule has 0 atom stereocenters. The Balaban J connectivity index is 1.87. The lowest BCUT2D eigenvalue weighted by atomic mass is 9.94. The summed E-state index contributed by atoms with van der Waals surface area (Å²) >= 11 is 0. The van der Waals surface area contributed by atoms with Gasteiger partial charge in [-0.2, -0.15) is 0 Å². The predicted molar refractivity (Wildman–Crippen MR) is 64.4 cm³/mol. The number of nitrogens with one attached hydrogen (secondary N) is 2. The molecule has 0 saturated carbocycles. The van der Waals surface area contributed by atoms with Crippen LogP contribution in [0.1, 0.15) is 19.3 Å². The van der Waals surface area contributed by atoms with E-state index in [4.69, 9.17) is 0 Å². The molecular formula is C12H19N3O. The van der Waals surface area contributed by atoms with Crippen molar-refractivity contribution in [1.82, 2.24) is 10.3 Å². The van der Waals surface area contributed by atoms with Crippen LogP contribution in [0.4, 0.5) is 5.69 Å². The monoisotopic (exact) mass is 221 g/mol. The van der Waals surface area contributed by atoms with Gasteiger partial charge in [-0.1, -0.05) is 0 Å². The Bertz CT molecular complexity index is 328. The first kappa shape index (κ1) is 11.2. The fraction of sp³-hybridized carbons (Fsp3) is 0.583. The highest BCUT2D eigenvalue weighted by molar-refractivity contribution is 5.92. The molecule has 2 N–H and O–H groups in total. The number of hydrogen-bond acceptors (Lipinski definition) is 2. The smallest absolute Gasteiger partial charge is 0.227 e. The summed E-state index contributed by atoms with van der Waals surface area (Å²) < 4.78 is 0. The summed E-state index contributed by atoms with van der Waals surface area (Å²) in [5.41, 5.74) is 0.943. The van der Waals surface area contributed by atoms with Gasteiger partial charge in [0.2, 0.25) is 5.91 Å². The summed E-state index contributed by atoms with van der Waals surface area (Å²) in [6, 6.07) is 1.92. The van der Waals surface area contributed by atoms with E-state index < -0.39 is 0 Å². The average Bonchev–Trinajstić information content (AvgIpc) is 2.83. The summed E-state index contributed by atoms with van der Waals surface area (Å²) in [5, 5.41) is 3.31. The maximum absolute atomic E-state index is 12.0. The molecule has 1 aliphatic heterocycles. The zero-order valence-corrected chi connectivity index (χ0v) is 9.70. The van der Waals surface area contributed by atoms with E-state index >= 15 is 0 Å². The molecule has 2 rings (SSSR count). The van der Waals surface area contributed by atoms with Gasteiger partial charge in [0.05, 0.1) is 5.69 Å². The topological polar surface area (TPSA) is 48.1 Å². The maximum Gasteiger partial charge on any atom is 0.227 e. The lowest BCUT2D eigenvalue weighted by Gasteiger charge is -2.24. The average molecular weight is 221 g/mol. The second kappa shape index (κ2) is 5.16. The molecule has 2 heterocycles. The molecule has 1 aromatic heterocycles. The van der Waals surface area contributed by atoms with Gasteiger partial charge < -0.3 is 15.2 Å². The molecule has 1 saturated heterocycles. The number of piperidine rings is 1. The van der Waals surface area contributed by atoms with E-state index in [0.29, 0.717) is 12.3 Å². The normalized spacial score (nSPS) is 17.3. The van der Waals surface area contributed by atoms with Crippen LogP contribution in [-0.4, -0.2) is 31.0 Å². The molecule has 0 radical (unpaired) electrons. The Morgan fingerprint density at radius 3 is 2.88 bits per heavy atom. The van der Waals surface area contributed by atoms with Gasteiger partial charge in [0.25, 0.3) is 0 Å². The molecule has 0 aromatic carbocycles. The third-order valence-electron chi connectivity index (χ3n) is 3.26. The van der Waals surface area contributed by atoms with Crippen molar-refractivity contribution in [2.45, 2.75) is 19.3 Å². The zero-order valence-electron chi connectivity index (χ0n) is 9.70. The lowest BCUT2D eigenvalue weighted by molar-refractivity contribution is -0.119. The fourth-order valence-electron chi connectivity index (χ4n) is 2.14. The van der Waals surface area contributed by atoms with E-state index in [0.717, 1.165) is 31.6 Å². The van der Waals surface area contributed by atoms with Gasteiger partial charge in [0.1, 0.15) is 0 Å². The van der Waals surface area contributed by atoms with E-state index in [1.807, 2.05) is 25.5 Å². The number of carbonyl (C=O) groups is 1. The molecule has 4 nitrogen and oxygen atoms in total. The summed E-state index contributed by atoms with van der Waals surface area (Å²) in [6.07, 6.45) is 6.59. The Kier molecular flexibility index (Phi) is 3.62. The standard InChI is InChI=1S/C12H19N3O/c1-15(11-4-7-14-9-11)12(16)8-10-2-5-13-6-3-10/h4,7,9-10,13-14H,2-3,5-6,8H2,1H3. The van der Waals surface area contributed by atoms with Crippen molar-refractivity contribution in [3.05, 3.63) is 18.5 Å². The van der Waals surface area contributed by atoms with Crippen LogP contribution in [0.5, 0.6) is 0 Å². The largest absolute Gasteiger partial charge is 0.366 e. The van der Waals surface area contributed by atoms with Crippen molar-refractivity contribution in [3.63, 3.8) is 0 Å². The Hall–Kier alpha value is -1.29. The minimum atomic E-state index is 0.214. The zero-order chi connectivity index (χ0) is 11.4. The molecule has 4 heteroatoms. The summed E-state index contributed by atoms with van der Waals surface area (Å²) in [6.45, 7) is 2.09. The van der Waals surface area contributed by atoms with Crippen LogP contribution < -0.4 is 10.2 Å². The van der Waals surface area contributed by atoms with E-state index in [2.05, 4.69) is 10.3 Å². The quantitative estimate of drug-likeness (QED) is 0.809. The highest BCUT2D eigenvalue weighted by Crippen LogP contribution is 2.19. The molecule has 0 aliphatic carbocycles. The number of amides is 1. The van der Waals surface area contributed by atoms with Crippen LogP contribution in [0.2, 0.25) is 0 Å². The van der Waals surface area contributed by atoms with Gasteiger partial charge in [-0.05, 0) is 37.9 Å². The Labute approximate surface area is 96.0 Å². The van der Waals surface area contributed by atoms with Crippen molar-refractivity contribution < 1.29 is 4.79 Å². The maximum atomic E-state index is 12.0. The van der Waals surface area contributed by atoms with Crippen LogP contribution >= 0.6 is 0 Å². The molecule has 0 bridgehead atoms. The van der Waals surface area contributed by atoms with Gasteiger partial charge in [-0.25, -0.2) is 0 Å². The van der Waals surface area contributed by atoms with Crippen molar-refractivity contribution in [1.29, 1.82) is 0 Å². The van der Waals surface area contributed by atoms with Gasteiger partial charge in [-0.3, -0.25) is 4.79 Å². The number of nitrogens with zero attached hydrogens (tertiary/aromatic N) is 1. The molecule has 1 aromatic rings. The third kappa shape index (κ3) is 2.64. The number of rotatable bonds is 3. The number of carbonyl (C=O) groups excluding carboxylic acids is 1. The highest BCUT2D eigenvalue weighted by atomic mass is 16.2. The highest BCUT2D eigenvalue weighted by Gasteiger charge is 2.19. The molecule has 1 aliphatic rings. The Morgan fingerprint density at radius 2 is 2.25 bits per heavy atom. The summed E-state index contributed by atoms with van der Waals surface area (Å²) in [5.74, 6) is 0.765. The van der Waals surface area contributed by atoms with E-state index in [-0.39, 0.29) is 5.91 Å². The minimum absolute atomic E-state index is 0.214. The van der Waals surface area contributed by atoms with Crippen molar-refractivity contribution >= 4 is 11.6 Å². The molecule has 0 unspecified atom stereocenters. The number of aromatic nitrogens is 1. The number of hydrogen-bond donors (Lipinski definition) is 2. The number of anilines is 1. The summed E-state index contributed by atoms with van der Waals surface area (Å²) in [7, 11) is 1.84. The SMILES string of the molecule is CN(C(=O)CC1CCNCC1)c1cc[nH]c1. The second-order valence-electron chi connectivity index (χ2n) is 4.42. The van der Waals surface area contributed by atoms with Gasteiger partial charge in [0.15, 0.2) is 0 Å². The molecular weight excluding hydrogens is 202 g/mol. The van der Waals surface area contributed by atoms with Crippen LogP contribution in [0.3, 0.4) is 0 Å². The molecule has 88 valence electrons. The first-order valence-electron chi connectivity index (χ1n) is 5.87. The van der Waals surface area contributed by atoms with Crippen molar-refractivity contribution in [2.75, 3.05) is 25.0 Å². The molecule has 0 spiro atoms. The lowest BCUT2D eigenvalue weighted by Crippen LogP contribution is -2.33. The first-order chi connectivity index (χ1) is 7.77. The van der Waals surface area contributed by atoms with E-state index in [1.54, 1.807) is 4.90 Å². The van der Waals surface area contributed by atoms with Crippen LogP contribution in [0.15, 0.2) is 18.5 Å². The third-order valence-corrected chi connectivity index (χ3v) is 3.26. The number of H-pyrrole nitrogens is 1. The van der Waals surface area contributed by atoms with Gasteiger partial charge in [0, 0.05) is 25.9 Å². The Morgan fingerprint density at radius 1 is 1.50 bits per heavy atom.